The quantitative estimate of drug-likeness (QED) is 0.775. The molecule has 0 bridgehead atoms. The van der Waals surface area contributed by atoms with Gasteiger partial charge in [0.05, 0.1) is 10.2 Å². The van der Waals surface area contributed by atoms with Crippen LogP contribution in [-0.2, 0) is 0 Å². The Hall–Kier alpha value is -1.09. The van der Waals surface area contributed by atoms with Crippen LogP contribution in [0.1, 0.15) is 51.5 Å². The van der Waals surface area contributed by atoms with Crippen LogP contribution in [0.25, 0.3) is 10.2 Å². The highest BCUT2D eigenvalue weighted by atomic mass is 32.1. The summed E-state index contributed by atoms with van der Waals surface area (Å²) in [6, 6.07) is 6.53. The molecule has 0 spiro atoms. The molecule has 0 radical (unpaired) electrons. The van der Waals surface area contributed by atoms with Crippen molar-refractivity contribution in [3.63, 3.8) is 0 Å². The Morgan fingerprint density at radius 2 is 2.05 bits per heavy atom. The molecule has 21 heavy (non-hydrogen) atoms. The number of aryl methyl sites for hydroxylation is 1. The van der Waals surface area contributed by atoms with E-state index in [0.29, 0.717) is 5.41 Å². The lowest BCUT2D eigenvalue weighted by Gasteiger charge is -2.31. The first-order valence-corrected chi connectivity index (χ1v) is 8.99. The summed E-state index contributed by atoms with van der Waals surface area (Å²) in [5.74, 6) is 0.780. The molecule has 1 fully saturated rings. The molecular formula is C18H26N2S. The standard InChI is InChI=1S/C18H26N2S/c1-13(2)11-18(8-4-5-9-18)12-19-17-20-15-10-14(3)6-7-16(15)21-17/h6-7,10,13H,4-5,8-9,11-12H2,1-3H3,(H,19,20). The zero-order chi connectivity index (χ0) is 14.9. The molecule has 1 N–H and O–H groups in total. The van der Waals surface area contributed by atoms with E-state index < -0.39 is 0 Å². The van der Waals surface area contributed by atoms with Crippen molar-refractivity contribution >= 4 is 26.7 Å². The molecule has 3 heteroatoms. The zero-order valence-electron chi connectivity index (χ0n) is 13.4. The van der Waals surface area contributed by atoms with Gasteiger partial charge in [0.15, 0.2) is 5.13 Å². The van der Waals surface area contributed by atoms with E-state index in [1.165, 1.54) is 42.4 Å². The van der Waals surface area contributed by atoms with Gasteiger partial charge in [0.25, 0.3) is 0 Å². The topological polar surface area (TPSA) is 24.9 Å². The van der Waals surface area contributed by atoms with Crippen LogP contribution >= 0.6 is 11.3 Å². The largest absolute Gasteiger partial charge is 0.361 e. The summed E-state index contributed by atoms with van der Waals surface area (Å²) in [5, 5.41) is 4.74. The molecule has 2 nitrogen and oxygen atoms in total. The van der Waals surface area contributed by atoms with E-state index in [-0.39, 0.29) is 0 Å². The lowest BCUT2D eigenvalue weighted by Crippen LogP contribution is -2.28. The van der Waals surface area contributed by atoms with E-state index in [9.17, 15) is 0 Å². The van der Waals surface area contributed by atoms with Gasteiger partial charge in [0, 0.05) is 6.54 Å². The fraction of sp³-hybridized carbons (Fsp3) is 0.611. The van der Waals surface area contributed by atoms with Crippen molar-refractivity contribution in [2.75, 3.05) is 11.9 Å². The molecule has 1 aromatic carbocycles. The maximum atomic E-state index is 4.75. The monoisotopic (exact) mass is 302 g/mol. The lowest BCUT2D eigenvalue weighted by molar-refractivity contribution is 0.252. The molecule has 0 unspecified atom stereocenters. The summed E-state index contributed by atoms with van der Waals surface area (Å²) < 4.78 is 1.28. The predicted molar refractivity (Wildman–Crippen MR) is 93.2 cm³/mol. The highest BCUT2D eigenvalue weighted by Crippen LogP contribution is 2.43. The van der Waals surface area contributed by atoms with Gasteiger partial charge in [-0.1, -0.05) is 44.1 Å². The van der Waals surface area contributed by atoms with E-state index in [0.717, 1.165) is 23.1 Å². The van der Waals surface area contributed by atoms with Gasteiger partial charge in [-0.25, -0.2) is 4.98 Å². The number of fused-ring (bicyclic) bond motifs is 1. The van der Waals surface area contributed by atoms with Crippen LogP contribution in [0.3, 0.4) is 0 Å². The van der Waals surface area contributed by atoms with Gasteiger partial charge in [-0.05, 0) is 55.2 Å². The van der Waals surface area contributed by atoms with Crippen molar-refractivity contribution < 1.29 is 0 Å². The van der Waals surface area contributed by atoms with Crippen molar-refractivity contribution in [3.8, 4) is 0 Å². The third-order valence-corrected chi connectivity index (χ3v) is 5.66. The molecule has 1 saturated carbocycles. The second-order valence-corrected chi connectivity index (χ2v) is 8.18. The fourth-order valence-corrected chi connectivity index (χ4v) is 4.66. The predicted octanol–water partition coefficient (Wildman–Crippen LogP) is 5.62. The third kappa shape index (κ3) is 3.39. The summed E-state index contributed by atoms with van der Waals surface area (Å²) in [7, 11) is 0. The molecule has 1 aromatic heterocycles. The molecule has 114 valence electrons. The second-order valence-electron chi connectivity index (χ2n) is 7.15. The summed E-state index contributed by atoms with van der Waals surface area (Å²) in [4.78, 5) is 4.75. The Bertz CT molecular complexity index is 609. The maximum Gasteiger partial charge on any atom is 0.183 e. The molecule has 0 atom stereocenters. The fourth-order valence-electron chi connectivity index (χ4n) is 3.82. The smallest absolute Gasteiger partial charge is 0.183 e. The van der Waals surface area contributed by atoms with Gasteiger partial charge in [0.2, 0.25) is 0 Å². The minimum Gasteiger partial charge on any atom is -0.361 e. The van der Waals surface area contributed by atoms with Crippen LogP contribution in [0.2, 0.25) is 0 Å². The van der Waals surface area contributed by atoms with Gasteiger partial charge < -0.3 is 5.32 Å². The average Bonchev–Trinajstić information content (AvgIpc) is 3.02. The molecule has 0 amide bonds. The van der Waals surface area contributed by atoms with E-state index >= 15 is 0 Å². The molecule has 0 aliphatic heterocycles. The number of aromatic nitrogens is 1. The Balaban J connectivity index is 1.72. The number of anilines is 1. The Morgan fingerprint density at radius 1 is 1.29 bits per heavy atom. The summed E-state index contributed by atoms with van der Waals surface area (Å²) >= 11 is 1.78. The number of rotatable bonds is 5. The van der Waals surface area contributed by atoms with Crippen molar-refractivity contribution in [1.82, 2.24) is 4.98 Å². The molecule has 1 aliphatic rings. The highest BCUT2D eigenvalue weighted by molar-refractivity contribution is 7.22. The molecule has 2 aromatic rings. The van der Waals surface area contributed by atoms with Crippen molar-refractivity contribution in [3.05, 3.63) is 23.8 Å². The van der Waals surface area contributed by atoms with Gasteiger partial charge in [-0.3, -0.25) is 0 Å². The lowest BCUT2D eigenvalue weighted by atomic mass is 9.78. The molecule has 1 heterocycles. The number of nitrogens with zero attached hydrogens (tertiary/aromatic N) is 1. The first kappa shape index (κ1) is 14.8. The number of nitrogens with one attached hydrogen (secondary N) is 1. The van der Waals surface area contributed by atoms with Gasteiger partial charge in [0.1, 0.15) is 0 Å². The molecular weight excluding hydrogens is 276 g/mol. The number of thiazole rings is 1. The number of hydrogen-bond donors (Lipinski definition) is 1. The minimum atomic E-state index is 0.502. The van der Waals surface area contributed by atoms with E-state index in [2.05, 4.69) is 44.3 Å². The van der Waals surface area contributed by atoms with Gasteiger partial charge in [-0.15, -0.1) is 0 Å². The maximum absolute atomic E-state index is 4.75. The Morgan fingerprint density at radius 3 is 2.76 bits per heavy atom. The summed E-state index contributed by atoms with van der Waals surface area (Å²) in [6.07, 6.45) is 6.88. The minimum absolute atomic E-state index is 0.502. The SMILES string of the molecule is Cc1ccc2sc(NCC3(CC(C)C)CCCC3)nc2c1. The van der Waals surface area contributed by atoms with Crippen LogP contribution in [-0.4, -0.2) is 11.5 Å². The number of hydrogen-bond acceptors (Lipinski definition) is 3. The first-order chi connectivity index (χ1) is 10.1. The van der Waals surface area contributed by atoms with E-state index in [1.54, 1.807) is 11.3 Å². The Labute approximate surface area is 132 Å². The van der Waals surface area contributed by atoms with Crippen LogP contribution in [0.15, 0.2) is 18.2 Å². The third-order valence-electron chi connectivity index (χ3n) is 4.66. The zero-order valence-corrected chi connectivity index (χ0v) is 14.2. The van der Waals surface area contributed by atoms with Crippen LogP contribution < -0.4 is 5.32 Å². The summed E-state index contributed by atoms with van der Waals surface area (Å²) in [5.41, 5.74) is 2.92. The van der Waals surface area contributed by atoms with Crippen molar-refractivity contribution in [1.29, 1.82) is 0 Å². The van der Waals surface area contributed by atoms with E-state index in [4.69, 9.17) is 4.98 Å². The van der Waals surface area contributed by atoms with Crippen molar-refractivity contribution in [2.24, 2.45) is 11.3 Å². The molecule has 0 saturated heterocycles. The van der Waals surface area contributed by atoms with Crippen LogP contribution in [0.4, 0.5) is 5.13 Å². The van der Waals surface area contributed by atoms with Crippen molar-refractivity contribution in [2.45, 2.75) is 52.9 Å². The van der Waals surface area contributed by atoms with E-state index in [1.807, 2.05) is 0 Å². The van der Waals surface area contributed by atoms with Crippen LogP contribution in [0.5, 0.6) is 0 Å². The molecule has 3 rings (SSSR count). The highest BCUT2D eigenvalue weighted by Gasteiger charge is 2.34. The van der Waals surface area contributed by atoms with Gasteiger partial charge in [-0.2, -0.15) is 0 Å². The number of benzene rings is 1. The average molecular weight is 302 g/mol. The Kier molecular flexibility index (Phi) is 4.21. The van der Waals surface area contributed by atoms with Gasteiger partial charge >= 0.3 is 0 Å². The second kappa shape index (κ2) is 5.96. The van der Waals surface area contributed by atoms with Crippen LogP contribution in [0, 0.1) is 18.3 Å². The first-order valence-electron chi connectivity index (χ1n) is 8.17. The summed E-state index contributed by atoms with van der Waals surface area (Å²) in [6.45, 7) is 7.91. The molecule has 1 aliphatic carbocycles. The normalized spacial score (nSPS) is 17.7.